The van der Waals surface area contributed by atoms with Gasteiger partial charge in [0.05, 0.1) is 0 Å². The monoisotopic (exact) mass is 214 g/mol. The Morgan fingerprint density at radius 1 is 1.25 bits per heavy atom. The number of rotatable bonds is 1. The van der Waals surface area contributed by atoms with E-state index in [4.69, 9.17) is 4.74 Å². The zero-order valence-electron chi connectivity index (χ0n) is 8.49. The van der Waals surface area contributed by atoms with E-state index >= 15 is 0 Å². The molecule has 4 heteroatoms. The first-order valence-electron chi connectivity index (χ1n) is 5.03. The average Bonchev–Trinajstić information content (AvgIpc) is 2.72. The zero-order valence-corrected chi connectivity index (χ0v) is 8.49. The van der Waals surface area contributed by atoms with Crippen molar-refractivity contribution in [1.29, 1.82) is 0 Å². The smallest absolute Gasteiger partial charge is 0.250 e. The van der Waals surface area contributed by atoms with Crippen LogP contribution < -0.4 is 5.32 Å². The Hall–Kier alpha value is -2.23. The molecule has 0 aliphatic carbocycles. The van der Waals surface area contributed by atoms with Crippen molar-refractivity contribution in [2.75, 3.05) is 6.73 Å². The van der Waals surface area contributed by atoms with Gasteiger partial charge in [0.1, 0.15) is 5.76 Å². The van der Waals surface area contributed by atoms with Crippen LogP contribution in [0.4, 0.5) is 0 Å². The first kappa shape index (κ1) is 9.03. The second kappa shape index (κ2) is 3.41. The van der Waals surface area contributed by atoms with Gasteiger partial charge in [-0.25, -0.2) is 0 Å². The predicted molar refractivity (Wildman–Crippen MR) is 60.4 cm³/mol. The molecule has 1 aliphatic rings. The Morgan fingerprint density at radius 3 is 3.00 bits per heavy atom. The Labute approximate surface area is 91.9 Å². The summed E-state index contributed by atoms with van der Waals surface area (Å²) < 4.78 is 5.41. The number of hydrogen-bond acceptors (Lipinski definition) is 2. The standard InChI is InChI=1S/C12H10N2O2/c15-12-5-11(16-7-14-12)9-6-13-10-4-2-1-3-8(9)10/h1-6,13H,7H2,(H,14,15). The van der Waals surface area contributed by atoms with Crippen LogP contribution in [0.5, 0.6) is 0 Å². The van der Waals surface area contributed by atoms with Gasteiger partial charge in [-0.15, -0.1) is 0 Å². The summed E-state index contributed by atoms with van der Waals surface area (Å²) in [5.74, 6) is 0.493. The van der Waals surface area contributed by atoms with Crippen molar-refractivity contribution >= 4 is 22.6 Å². The van der Waals surface area contributed by atoms with E-state index in [1.54, 1.807) is 0 Å². The lowest BCUT2D eigenvalue weighted by atomic mass is 10.1. The molecule has 16 heavy (non-hydrogen) atoms. The lowest BCUT2D eigenvalue weighted by Gasteiger charge is -2.14. The molecule has 0 saturated heterocycles. The van der Waals surface area contributed by atoms with Crippen LogP contribution in [0.2, 0.25) is 0 Å². The van der Waals surface area contributed by atoms with Gasteiger partial charge in [0.2, 0.25) is 5.91 Å². The molecule has 0 atom stereocenters. The molecule has 2 aromatic rings. The number of aromatic nitrogens is 1. The molecule has 3 rings (SSSR count). The minimum Gasteiger partial charge on any atom is -0.472 e. The SMILES string of the molecule is O=C1C=C(c2c[nH]c3ccccc23)OCN1. The molecular formula is C12H10N2O2. The highest BCUT2D eigenvalue weighted by molar-refractivity contribution is 5.99. The Bertz CT molecular complexity index is 583. The van der Waals surface area contributed by atoms with Gasteiger partial charge in [0.25, 0.3) is 0 Å². The molecule has 1 aliphatic heterocycles. The molecule has 0 saturated carbocycles. The van der Waals surface area contributed by atoms with Crippen molar-refractivity contribution in [1.82, 2.24) is 10.3 Å². The van der Waals surface area contributed by atoms with Crippen molar-refractivity contribution in [2.45, 2.75) is 0 Å². The van der Waals surface area contributed by atoms with Crippen molar-refractivity contribution in [3.8, 4) is 0 Å². The number of aromatic amines is 1. The van der Waals surface area contributed by atoms with Crippen LogP contribution >= 0.6 is 0 Å². The summed E-state index contributed by atoms with van der Waals surface area (Å²) >= 11 is 0. The van der Waals surface area contributed by atoms with E-state index in [0.717, 1.165) is 16.5 Å². The zero-order chi connectivity index (χ0) is 11.0. The normalized spacial score (nSPS) is 15.5. The fraction of sp³-hybridized carbons (Fsp3) is 0.0833. The highest BCUT2D eigenvalue weighted by atomic mass is 16.5. The van der Waals surface area contributed by atoms with E-state index in [2.05, 4.69) is 10.3 Å². The van der Waals surface area contributed by atoms with Crippen LogP contribution in [0.25, 0.3) is 16.7 Å². The number of H-pyrrole nitrogens is 1. The summed E-state index contributed by atoms with van der Waals surface area (Å²) in [6, 6.07) is 7.91. The second-order valence-electron chi connectivity index (χ2n) is 3.59. The van der Waals surface area contributed by atoms with Crippen LogP contribution in [0.1, 0.15) is 5.56 Å². The van der Waals surface area contributed by atoms with E-state index in [1.807, 2.05) is 30.5 Å². The Kier molecular flexibility index (Phi) is 1.93. The highest BCUT2D eigenvalue weighted by Crippen LogP contribution is 2.26. The van der Waals surface area contributed by atoms with Gasteiger partial charge in [-0.05, 0) is 6.07 Å². The summed E-state index contributed by atoms with van der Waals surface area (Å²) in [7, 11) is 0. The van der Waals surface area contributed by atoms with Gasteiger partial charge in [0.15, 0.2) is 6.73 Å². The van der Waals surface area contributed by atoms with Gasteiger partial charge in [-0.1, -0.05) is 18.2 Å². The maximum Gasteiger partial charge on any atom is 0.250 e. The van der Waals surface area contributed by atoms with Gasteiger partial charge >= 0.3 is 0 Å². The maximum absolute atomic E-state index is 11.2. The molecule has 0 spiro atoms. The van der Waals surface area contributed by atoms with E-state index in [0.29, 0.717) is 5.76 Å². The molecule has 0 bridgehead atoms. The number of carbonyl (C=O) groups excluding carboxylic acids is 1. The summed E-state index contributed by atoms with van der Waals surface area (Å²) in [4.78, 5) is 14.4. The quantitative estimate of drug-likeness (QED) is 0.757. The molecule has 1 aromatic carbocycles. The number of benzene rings is 1. The average molecular weight is 214 g/mol. The lowest BCUT2D eigenvalue weighted by Crippen LogP contribution is -2.28. The molecule has 2 N–H and O–H groups in total. The largest absolute Gasteiger partial charge is 0.472 e. The number of para-hydroxylation sites is 1. The number of fused-ring (bicyclic) bond motifs is 1. The maximum atomic E-state index is 11.2. The fourth-order valence-corrected chi connectivity index (χ4v) is 1.83. The topological polar surface area (TPSA) is 54.1 Å². The summed E-state index contributed by atoms with van der Waals surface area (Å²) in [5.41, 5.74) is 1.96. The number of ether oxygens (including phenoxy) is 1. The molecule has 0 radical (unpaired) electrons. The molecule has 0 fully saturated rings. The van der Waals surface area contributed by atoms with Gasteiger partial charge in [0, 0.05) is 28.7 Å². The van der Waals surface area contributed by atoms with Gasteiger partial charge in [-0.2, -0.15) is 0 Å². The fourth-order valence-electron chi connectivity index (χ4n) is 1.83. The number of hydrogen-bond donors (Lipinski definition) is 2. The second-order valence-corrected chi connectivity index (χ2v) is 3.59. The highest BCUT2D eigenvalue weighted by Gasteiger charge is 2.14. The number of amides is 1. The minimum atomic E-state index is -0.119. The Balaban J connectivity index is 2.15. The van der Waals surface area contributed by atoms with Crippen molar-refractivity contribution in [3.63, 3.8) is 0 Å². The molecule has 1 amide bonds. The van der Waals surface area contributed by atoms with E-state index in [1.165, 1.54) is 6.08 Å². The van der Waals surface area contributed by atoms with Crippen LogP contribution in [-0.4, -0.2) is 17.6 Å². The van der Waals surface area contributed by atoms with E-state index in [-0.39, 0.29) is 12.6 Å². The number of carbonyl (C=O) groups is 1. The third-order valence-electron chi connectivity index (χ3n) is 2.59. The summed E-state index contributed by atoms with van der Waals surface area (Å²) in [5, 5.41) is 3.63. The van der Waals surface area contributed by atoms with Gasteiger partial charge in [-0.3, -0.25) is 4.79 Å². The van der Waals surface area contributed by atoms with Crippen LogP contribution in [0.15, 0.2) is 36.5 Å². The van der Waals surface area contributed by atoms with Crippen molar-refractivity contribution in [2.24, 2.45) is 0 Å². The third kappa shape index (κ3) is 1.35. The van der Waals surface area contributed by atoms with Crippen LogP contribution in [-0.2, 0) is 9.53 Å². The van der Waals surface area contributed by atoms with Crippen molar-refractivity contribution < 1.29 is 9.53 Å². The lowest BCUT2D eigenvalue weighted by molar-refractivity contribution is -0.118. The molecule has 2 heterocycles. The number of nitrogens with one attached hydrogen (secondary N) is 2. The third-order valence-corrected chi connectivity index (χ3v) is 2.59. The minimum absolute atomic E-state index is 0.119. The first-order chi connectivity index (χ1) is 7.84. The van der Waals surface area contributed by atoms with Crippen molar-refractivity contribution in [3.05, 3.63) is 42.1 Å². The predicted octanol–water partition coefficient (Wildman–Crippen LogP) is 1.61. The summed E-state index contributed by atoms with van der Waals surface area (Å²) in [6.45, 7) is 0.226. The molecule has 0 unspecified atom stereocenters. The molecule has 1 aromatic heterocycles. The van der Waals surface area contributed by atoms with Crippen LogP contribution in [0, 0.1) is 0 Å². The molecule has 80 valence electrons. The van der Waals surface area contributed by atoms with E-state index < -0.39 is 0 Å². The van der Waals surface area contributed by atoms with E-state index in [9.17, 15) is 4.79 Å². The Morgan fingerprint density at radius 2 is 2.12 bits per heavy atom. The molecular weight excluding hydrogens is 204 g/mol. The first-order valence-corrected chi connectivity index (χ1v) is 5.03. The van der Waals surface area contributed by atoms with Gasteiger partial charge < -0.3 is 15.0 Å². The summed E-state index contributed by atoms with van der Waals surface area (Å²) in [6.07, 6.45) is 3.33. The molecule has 4 nitrogen and oxygen atoms in total. The van der Waals surface area contributed by atoms with Crippen LogP contribution in [0.3, 0.4) is 0 Å².